The first-order valence-electron chi connectivity index (χ1n) is 4.69. The van der Waals surface area contributed by atoms with Crippen LogP contribution in [0.15, 0.2) is 0 Å². The van der Waals surface area contributed by atoms with Gasteiger partial charge in [0.15, 0.2) is 0 Å². The van der Waals surface area contributed by atoms with Crippen LogP contribution < -0.4 is 0 Å². The van der Waals surface area contributed by atoms with Gasteiger partial charge in [-0.15, -0.1) is 5.06 Å². The second kappa shape index (κ2) is 4.41. The lowest BCUT2D eigenvalue weighted by molar-refractivity contribution is -0.207. The lowest BCUT2D eigenvalue weighted by atomic mass is 9.93. The minimum atomic E-state index is -1.55. The fourth-order valence-corrected chi connectivity index (χ4v) is 1.84. The molecule has 0 radical (unpaired) electrons. The van der Waals surface area contributed by atoms with Crippen molar-refractivity contribution in [2.24, 2.45) is 11.8 Å². The summed E-state index contributed by atoms with van der Waals surface area (Å²) in [7, 11) is 0. The Bertz CT molecular complexity index is 231. The van der Waals surface area contributed by atoms with Gasteiger partial charge in [0.2, 0.25) is 0 Å². The summed E-state index contributed by atoms with van der Waals surface area (Å²) in [4.78, 5) is 25.7. The van der Waals surface area contributed by atoms with Crippen LogP contribution in [0.5, 0.6) is 0 Å². The molecular formula is C9H15NO4. The van der Waals surface area contributed by atoms with Crippen molar-refractivity contribution < 1.29 is 19.5 Å². The lowest BCUT2D eigenvalue weighted by Crippen LogP contribution is -2.41. The fraction of sp³-hybridized carbons (Fsp3) is 0.778. The van der Waals surface area contributed by atoms with E-state index in [9.17, 15) is 9.59 Å². The standard InChI is InChI=1S/C9H15NO4/c1-6-3-7(2)5-10(4-6)14-9(13)8(11)12/h6-7H,3-5H2,1-2H3,(H,11,12). The number of carbonyl (C=O) groups excluding carboxylic acids is 1. The Morgan fingerprint density at radius 1 is 1.29 bits per heavy atom. The quantitative estimate of drug-likeness (QED) is 0.626. The fourth-order valence-electron chi connectivity index (χ4n) is 1.84. The van der Waals surface area contributed by atoms with Crippen molar-refractivity contribution in [3.8, 4) is 0 Å². The van der Waals surface area contributed by atoms with Gasteiger partial charge >= 0.3 is 11.9 Å². The van der Waals surface area contributed by atoms with Crippen molar-refractivity contribution >= 4 is 11.9 Å². The Balaban J connectivity index is 2.44. The van der Waals surface area contributed by atoms with Gasteiger partial charge in [0.25, 0.3) is 0 Å². The molecule has 0 aromatic heterocycles. The zero-order valence-corrected chi connectivity index (χ0v) is 8.40. The highest BCUT2D eigenvalue weighted by atomic mass is 16.7. The predicted molar refractivity (Wildman–Crippen MR) is 48.2 cm³/mol. The molecule has 0 saturated carbocycles. The van der Waals surface area contributed by atoms with Crippen molar-refractivity contribution in [3.05, 3.63) is 0 Å². The van der Waals surface area contributed by atoms with Gasteiger partial charge in [-0.2, -0.15) is 0 Å². The van der Waals surface area contributed by atoms with Gasteiger partial charge in [0, 0.05) is 13.1 Å². The SMILES string of the molecule is CC1CC(C)CN(OC(=O)C(=O)O)C1. The van der Waals surface area contributed by atoms with Gasteiger partial charge in [0.1, 0.15) is 0 Å². The normalized spacial score (nSPS) is 28.4. The Hall–Kier alpha value is -1.10. The highest BCUT2D eigenvalue weighted by molar-refractivity contribution is 6.28. The Labute approximate surface area is 82.6 Å². The van der Waals surface area contributed by atoms with Crippen molar-refractivity contribution in [3.63, 3.8) is 0 Å². The van der Waals surface area contributed by atoms with Gasteiger partial charge in [-0.1, -0.05) is 13.8 Å². The Morgan fingerprint density at radius 3 is 2.21 bits per heavy atom. The zero-order chi connectivity index (χ0) is 10.7. The summed E-state index contributed by atoms with van der Waals surface area (Å²) in [5.74, 6) is -1.89. The monoisotopic (exact) mass is 201 g/mol. The number of carboxylic acids is 1. The minimum Gasteiger partial charge on any atom is -0.473 e. The lowest BCUT2D eigenvalue weighted by Gasteiger charge is -2.32. The molecule has 1 heterocycles. The zero-order valence-electron chi connectivity index (χ0n) is 8.40. The molecule has 1 rings (SSSR count). The number of hydrogen-bond donors (Lipinski definition) is 1. The van der Waals surface area contributed by atoms with Crippen LogP contribution in [0.4, 0.5) is 0 Å². The maximum Gasteiger partial charge on any atom is 0.436 e. The molecule has 5 nitrogen and oxygen atoms in total. The van der Waals surface area contributed by atoms with Crippen LogP contribution in [0.3, 0.4) is 0 Å². The van der Waals surface area contributed by atoms with Crippen LogP contribution in [0.1, 0.15) is 20.3 Å². The number of carbonyl (C=O) groups is 2. The van der Waals surface area contributed by atoms with Crippen LogP contribution in [0.25, 0.3) is 0 Å². The number of hydroxylamine groups is 2. The average molecular weight is 201 g/mol. The molecule has 0 aromatic carbocycles. The second-order valence-electron chi connectivity index (χ2n) is 3.98. The van der Waals surface area contributed by atoms with E-state index in [2.05, 4.69) is 18.7 Å². The second-order valence-corrected chi connectivity index (χ2v) is 3.98. The summed E-state index contributed by atoms with van der Waals surface area (Å²) in [5.41, 5.74) is 0. The van der Waals surface area contributed by atoms with E-state index in [0.29, 0.717) is 24.9 Å². The first-order chi connectivity index (χ1) is 6.49. The molecule has 2 atom stereocenters. The highest BCUT2D eigenvalue weighted by Crippen LogP contribution is 2.20. The number of rotatable bonds is 1. The van der Waals surface area contributed by atoms with Crippen LogP contribution >= 0.6 is 0 Å². The van der Waals surface area contributed by atoms with E-state index < -0.39 is 11.9 Å². The third-order valence-electron chi connectivity index (χ3n) is 2.22. The maximum atomic E-state index is 10.8. The molecular weight excluding hydrogens is 186 g/mol. The smallest absolute Gasteiger partial charge is 0.436 e. The average Bonchev–Trinajstić information content (AvgIpc) is 2.01. The van der Waals surface area contributed by atoms with Crippen LogP contribution in [-0.4, -0.2) is 35.2 Å². The third kappa shape index (κ3) is 2.99. The van der Waals surface area contributed by atoms with Crippen LogP contribution in [0.2, 0.25) is 0 Å². The molecule has 1 saturated heterocycles. The van der Waals surface area contributed by atoms with E-state index in [1.54, 1.807) is 0 Å². The summed E-state index contributed by atoms with van der Waals surface area (Å²) in [6.07, 6.45) is 1.08. The topological polar surface area (TPSA) is 66.8 Å². The van der Waals surface area contributed by atoms with Crippen molar-refractivity contribution in [2.45, 2.75) is 20.3 Å². The molecule has 0 aromatic rings. The van der Waals surface area contributed by atoms with Crippen LogP contribution in [0, 0.1) is 11.8 Å². The number of hydrogen-bond acceptors (Lipinski definition) is 4. The number of nitrogens with zero attached hydrogens (tertiary/aromatic N) is 1. The molecule has 1 aliphatic rings. The van der Waals surface area contributed by atoms with Gasteiger partial charge < -0.3 is 9.94 Å². The molecule has 80 valence electrons. The molecule has 0 amide bonds. The van der Waals surface area contributed by atoms with E-state index in [0.717, 1.165) is 6.42 Å². The van der Waals surface area contributed by atoms with E-state index in [-0.39, 0.29) is 0 Å². The molecule has 5 heteroatoms. The molecule has 14 heavy (non-hydrogen) atoms. The number of aliphatic carboxylic acids is 1. The van der Waals surface area contributed by atoms with Crippen LogP contribution in [-0.2, 0) is 14.4 Å². The number of piperidine rings is 1. The molecule has 1 fully saturated rings. The van der Waals surface area contributed by atoms with Crippen molar-refractivity contribution in [2.75, 3.05) is 13.1 Å². The molecule has 1 N–H and O–H groups in total. The Morgan fingerprint density at radius 2 is 1.79 bits per heavy atom. The first-order valence-corrected chi connectivity index (χ1v) is 4.69. The molecule has 0 aliphatic carbocycles. The van der Waals surface area contributed by atoms with E-state index in [1.807, 2.05) is 0 Å². The van der Waals surface area contributed by atoms with Gasteiger partial charge in [-0.3, -0.25) is 0 Å². The van der Waals surface area contributed by atoms with E-state index >= 15 is 0 Å². The predicted octanol–water partition coefficient (Wildman–Crippen LogP) is 0.507. The van der Waals surface area contributed by atoms with Gasteiger partial charge in [-0.05, 0) is 18.3 Å². The molecule has 1 aliphatic heterocycles. The third-order valence-corrected chi connectivity index (χ3v) is 2.22. The van der Waals surface area contributed by atoms with Crippen molar-refractivity contribution in [1.82, 2.24) is 5.06 Å². The van der Waals surface area contributed by atoms with Gasteiger partial charge in [0.05, 0.1) is 0 Å². The summed E-state index contributed by atoms with van der Waals surface area (Å²) in [6.45, 7) is 5.33. The molecule has 0 spiro atoms. The summed E-state index contributed by atoms with van der Waals surface area (Å²) in [6, 6.07) is 0. The summed E-state index contributed by atoms with van der Waals surface area (Å²) >= 11 is 0. The maximum absolute atomic E-state index is 10.8. The highest BCUT2D eigenvalue weighted by Gasteiger charge is 2.26. The van der Waals surface area contributed by atoms with Gasteiger partial charge in [-0.25, -0.2) is 9.59 Å². The minimum absolute atomic E-state index is 0.431. The van der Waals surface area contributed by atoms with E-state index in [4.69, 9.17) is 5.11 Å². The molecule has 0 bridgehead atoms. The first kappa shape index (κ1) is 11.0. The largest absolute Gasteiger partial charge is 0.473 e. The summed E-state index contributed by atoms with van der Waals surface area (Å²) < 4.78 is 0. The Kier molecular flexibility index (Phi) is 3.46. The summed E-state index contributed by atoms with van der Waals surface area (Å²) in [5, 5.41) is 9.78. The molecule has 2 unspecified atom stereocenters. The van der Waals surface area contributed by atoms with E-state index in [1.165, 1.54) is 5.06 Å². The van der Waals surface area contributed by atoms with Crippen molar-refractivity contribution in [1.29, 1.82) is 0 Å². The number of carboxylic acid groups (broad SMARTS) is 1.